The first kappa shape index (κ1) is 15.0. The van der Waals surface area contributed by atoms with Gasteiger partial charge in [0, 0.05) is 11.5 Å². The highest BCUT2D eigenvalue weighted by Crippen LogP contribution is 2.42. The van der Waals surface area contributed by atoms with Crippen LogP contribution in [0.3, 0.4) is 0 Å². The average molecular weight is 317 g/mol. The molecule has 24 heavy (non-hydrogen) atoms. The SMILES string of the molecule is Cc1ccc(-c2nc(C3CC3)n(Cc3ccccc3)c2N)c(C)c1. The number of anilines is 1. The summed E-state index contributed by atoms with van der Waals surface area (Å²) in [5.41, 5.74) is 12.4. The number of aryl methyl sites for hydroxylation is 2. The highest BCUT2D eigenvalue weighted by Gasteiger charge is 2.31. The van der Waals surface area contributed by atoms with Gasteiger partial charge in [-0.25, -0.2) is 4.98 Å². The predicted octanol–water partition coefficient (Wildman–Crippen LogP) is 4.67. The minimum atomic E-state index is 0.565. The van der Waals surface area contributed by atoms with Crippen molar-refractivity contribution in [3.8, 4) is 11.3 Å². The maximum atomic E-state index is 6.56. The number of aromatic nitrogens is 2. The smallest absolute Gasteiger partial charge is 0.132 e. The molecule has 3 aromatic rings. The first-order valence-corrected chi connectivity index (χ1v) is 8.61. The number of imidazole rings is 1. The van der Waals surface area contributed by atoms with Crippen molar-refractivity contribution in [2.45, 2.75) is 39.2 Å². The third kappa shape index (κ3) is 2.71. The van der Waals surface area contributed by atoms with Crippen LogP contribution in [-0.2, 0) is 6.54 Å². The summed E-state index contributed by atoms with van der Waals surface area (Å²) in [6.45, 7) is 5.04. The summed E-state index contributed by atoms with van der Waals surface area (Å²) >= 11 is 0. The van der Waals surface area contributed by atoms with E-state index in [9.17, 15) is 0 Å². The van der Waals surface area contributed by atoms with Gasteiger partial charge in [-0.2, -0.15) is 0 Å². The third-order valence-electron chi connectivity index (χ3n) is 4.80. The summed E-state index contributed by atoms with van der Waals surface area (Å²) in [5, 5.41) is 0. The molecule has 1 heterocycles. The molecule has 0 saturated heterocycles. The summed E-state index contributed by atoms with van der Waals surface area (Å²) in [7, 11) is 0. The van der Waals surface area contributed by atoms with Crippen molar-refractivity contribution < 1.29 is 0 Å². The van der Waals surface area contributed by atoms with Crippen molar-refractivity contribution in [2.24, 2.45) is 0 Å². The van der Waals surface area contributed by atoms with Gasteiger partial charge in [0.15, 0.2) is 0 Å². The van der Waals surface area contributed by atoms with E-state index in [2.05, 4.69) is 60.9 Å². The Morgan fingerprint density at radius 3 is 2.50 bits per heavy atom. The van der Waals surface area contributed by atoms with Crippen LogP contribution in [0.25, 0.3) is 11.3 Å². The van der Waals surface area contributed by atoms with Gasteiger partial charge in [-0.3, -0.25) is 0 Å². The fourth-order valence-corrected chi connectivity index (χ4v) is 3.35. The largest absolute Gasteiger partial charge is 0.383 e. The molecule has 0 spiro atoms. The highest BCUT2D eigenvalue weighted by atomic mass is 15.2. The Kier molecular flexibility index (Phi) is 3.64. The van der Waals surface area contributed by atoms with E-state index >= 15 is 0 Å². The van der Waals surface area contributed by atoms with Crippen molar-refractivity contribution in [2.75, 3.05) is 5.73 Å². The van der Waals surface area contributed by atoms with Crippen LogP contribution in [0.4, 0.5) is 5.82 Å². The maximum Gasteiger partial charge on any atom is 0.132 e. The van der Waals surface area contributed by atoms with Crippen LogP contribution in [0.1, 0.15) is 41.3 Å². The van der Waals surface area contributed by atoms with Crippen LogP contribution >= 0.6 is 0 Å². The van der Waals surface area contributed by atoms with Crippen LogP contribution in [-0.4, -0.2) is 9.55 Å². The maximum absolute atomic E-state index is 6.56. The quantitative estimate of drug-likeness (QED) is 0.759. The zero-order valence-electron chi connectivity index (χ0n) is 14.3. The number of nitrogens with two attached hydrogens (primary N) is 1. The van der Waals surface area contributed by atoms with Crippen molar-refractivity contribution >= 4 is 5.82 Å². The summed E-state index contributed by atoms with van der Waals surface area (Å²) < 4.78 is 2.21. The van der Waals surface area contributed by atoms with E-state index in [-0.39, 0.29) is 0 Å². The van der Waals surface area contributed by atoms with Gasteiger partial charge >= 0.3 is 0 Å². The van der Waals surface area contributed by atoms with Crippen LogP contribution in [0.2, 0.25) is 0 Å². The Balaban J connectivity index is 1.80. The third-order valence-corrected chi connectivity index (χ3v) is 4.80. The van der Waals surface area contributed by atoms with Gasteiger partial charge in [-0.15, -0.1) is 0 Å². The van der Waals surface area contributed by atoms with Crippen LogP contribution in [0, 0.1) is 13.8 Å². The second-order valence-electron chi connectivity index (χ2n) is 6.87. The molecule has 4 rings (SSSR count). The topological polar surface area (TPSA) is 43.8 Å². The minimum absolute atomic E-state index is 0.565. The lowest BCUT2D eigenvalue weighted by Gasteiger charge is -2.10. The zero-order chi connectivity index (χ0) is 16.7. The highest BCUT2D eigenvalue weighted by molar-refractivity contribution is 5.74. The molecule has 1 aliphatic carbocycles. The van der Waals surface area contributed by atoms with Gasteiger partial charge in [0.1, 0.15) is 17.3 Å². The number of nitrogens with zero attached hydrogens (tertiary/aromatic N) is 2. The molecule has 0 amide bonds. The predicted molar refractivity (Wildman–Crippen MR) is 99.1 cm³/mol. The molecular weight excluding hydrogens is 294 g/mol. The summed E-state index contributed by atoms with van der Waals surface area (Å²) in [5.74, 6) is 2.49. The molecule has 0 aliphatic heterocycles. The van der Waals surface area contributed by atoms with E-state index in [4.69, 9.17) is 10.7 Å². The molecule has 3 nitrogen and oxygen atoms in total. The first-order chi connectivity index (χ1) is 11.6. The van der Waals surface area contributed by atoms with Gasteiger partial charge < -0.3 is 10.3 Å². The lowest BCUT2D eigenvalue weighted by Crippen LogP contribution is -2.08. The van der Waals surface area contributed by atoms with Crippen molar-refractivity contribution in [3.05, 3.63) is 71.0 Å². The Bertz CT molecular complexity index is 874. The fourth-order valence-electron chi connectivity index (χ4n) is 3.35. The van der Waals surface area contributed by atoms with Gasteiger partial charge in [0.05, 0.1) is 6.54 Å². The molecule has 1 saturated carbocycles. The van der Waals surface area contributed by atoms with Crippen LogP contribution < -0.4 is 5.73 Å². The van der Waals surface area contributed by atoms with E-state index in [1.54, 1.807) is 0 Å². The van der Waals surface area contributed by atoms with Gasteiger partial charge in [0.25, 0.3) is 0 Å². The lowest BCUT2D eigenvalue weighted by atomic mass is 10.0. The summed E-state index contributed by atoms with van der Waals surface area (Å²) in [4.78, 5) is 4.97. The monoisotopic (exact) mass is 317 g/mol. The van der Waals surface area contributed by atoms with Gasteiger partial charge in [-0.1, -0.05) is 54.1 Å². The second kappa shape index (κ2) is 5.82. The molecule has 3 heteroatoms. The second-order valence-corrected chi connectivity index (χ2v) is 6.87. The molecule has 1 aliphatic rings. The number of rotatable bonds is 4. The van der Waals surface area contributed by atoms with Crippen molar-refractivity contribution in [1.82, 2.24) is 9.55 Å². The molecule has 0 unspecified atom stereocenters. The minimum Gasteiger partial charge on any atom is -0.383 e. The number of hydrogen-bond acceptors (Lipinski definition) is 2. The molecule has 1 aromatic heterocycles. The Labute approximate surface area is 143 Å². The molecule has 0 atom stereocenters. The summed E-state index contributed by atoms with van der Waals surface area (Å²) in [6, 6.07) is 17.0. The first-order valence-electron chi connectivity index (χ1n) is 8.61. The van der Waals surface area contributed by atoms with Gasteiger partial charge in [-0.05, 0) is 37.8 Å². The average Bonchev–Trinajstić information content (AvgIpc) is 3.36. The van der Waals surface area contributed by atoms with Crippen molar-refractivity contribution in [3.63, 3.8) is 0 Å². The standard InChI is InChI=1S/C21H23N3/c1-14-8-11-18(15(2)12-14)19-20(22)24(21(23-19)17-9-10-17)13-16-6-4-3-5-7-16/h3-8,11-12,17H,9-10,13,22H2,1-2H3. The van der Waals surface area contributed by atoms with Crippen molar-refractivity contribution in [1.29, 1.82) is 0 Å². The van der Waals surface area contributed by atoms with Crippen LogP contribution in [0.5, 0.6) is 0 Å². The van der Waals surface area contributed by atoms with E-state index in [0.29, 0.717) is 5.92 Å². The molecule has 2 aromatic carbocycles. The van der Waals surface area contributed by atoms with E-state index in [1.165, 1.54) is 29.5 Å². The van der Waals surface area contributed by atoms with E-state index in [0.717, 1.165) is 29.4 Å². The number of benzene rings is 2. The van der Waals surface area contributed by atoms with Crippen LogP contribution in [0.15, 0.2) is 48.5 Å². The molecule has 0 radical (unpaired) electrons. The molecule has 122 valence electrons. The molecular formula is C21H23N3. The number of nitrogen functional groups attached to an aromatic ring is 1. The van der Waals surface area contributed by atoms with E-state index in [1.807, 2.05) is 6.07 Å². The molecule has 2 N–H and O–H groups in total. The molecule has 0 bridgehead atoms. The Morgan fingerprint density at radius 2 is 1.83 bits per heavy atom. The number of hydrogen-bond donors (Lipinski definition) is 1. The molecule has 1 fully saturated rings. The Morgan fingerprint density at radius 1 is 1.08 bits per heavy atom. The lowest BCUT2D eigenvalue weighted by molar-refractivity contribution is 0.735. The summed E-state index contributed by atoms with van der Waals surface area (Å²) in [6.07, 6.45) is 2.44. The van der Waals surface area contributed by atoms with Gasteiger partial charge in [0.2, 0.25) is 0 Å². The fraction of sp³-hybridized carbons (Fsp3) is 0.286. The zero-order valence-corrected chi connectivity index (χ0v) is 14.3. The normalized spacial score (nSPS) is 14.1. The van der Waals surface area contributed by atoms with E-state index < -0.39 is 0 Å². The Hall–Kier alpha value is -2.55.